The van der Waals surface area contributed by atoms with Gasteiger partial charge in [0.1, 0.15) is 0 Å². The Hall–Kier alpha value is -1.33. The van der Waals surface area contributed by atoms with Gasteiger partial charge >= 0.3 is 0 Å². The van der Waals surface area contributed by atoms with E-state index in [0.717, 1.165) is 17.4 Å². The lowest BCUT2D eigenvalue weighted by atomic mass is 9.80. The molecule has 96 valence electrons. The van der Waals surface area contributed by atoms with Gasteiger partial charge in [0.15, 0.2) is 0 Å². The van der Waals surface area contributed by atoms with Crippen LogP contribution in [0.3, 0.4) is 0 Å². The maximum atomic E-state index is 8.85. The van der Waals surface area contributed by atoms with Gasteiger partial charge in [0.25, 0.3) is 0 Å². The molecule has 0 aromatic heterocycles. The largest absolute Gasteiger partial charge is 0.374 e. The maximum absolute atomic E-state index is 8.85. The molecule has 0 aliphatic heterocycles. The molecule has 1 aromatic rings. The summed E-state index contributed by atoms with van der Waals surface area (Å²) in [5, 5.41) is 8.85. The zero-order valence-electron chi connectivity index (χ0n) is 11.2. The topological polar surface area (TPSA) is 33.0 Å². The van der Waals surface area contributed by atoms with Crippen molar-refractivity contribution in [1.29, 1.82) is 5.26 Å². The Labute approximate surface area is 110 Å². The molecule has 2 nitrogen and oxygen atoms in total. The lowest BCUT2D eigenvalue weighted by molar-refractivity contribution is -0.00745. The zero-order valence-corrected chi connectivity index (χ0v) is 11.2. The number of hydrogen-bond donors (Lipinski definition) is 0. The highest BCUT2D eigenvalue weighted by atomic mass is 16.5. The summed E-state index contributed by atoms with van der Waals surface area (Å²) in [7, 11) is 0. The quantitative estimate of drug-likeness (QED) is 0.806. The van der Waals surface area contributed by atoms with Crippen molar-refractivity contribution in [3.05, 3.63) is 35.4 Å². The minimum Gasteiger partial charge on any atom is -0.374 e. The highest BCUT2D eigenvalue weighted by molar-refractivity contribution is 5.32. The van der Waals surface area contributed by atoms with E-state index in [9.17, 15) is 0 Å². The predicted octanol–water partition coefficient (Wildman–Crippen LogP) is 3.90. The van der Waals surface area contributed by atoms with Gasteiger partial charge in [-0.1, -0.05) is 26.0 Å². The normalized spacial score (nSPS) is 27.7. The Balaban J connectivity index is 1.86. The van der Waals surface area contributed by atoms with Crippen LogP contribution >= 0.6 is 0 Å². The van der Waals surface area contributed by atoms with Crippen LogP contribution in [0.4, 0.5) is 0 Å². The van der Waals surface area contributed by atoms with Gasteiger partial charge in [-0.2, -0.15) is 5.26 Å². The third-order valence-corrected chi connectivity index (χ3v) is 4.09. The summed E-state index contributed by atoms with van der Waals surface area (Å²) in [5.41, 5.74) is 1.81. The van der Waals surface area contributed by atoms with Crippen molar-refractivity contribution in [2.75, 3.05) is 0 Å². The Morgan fingerprint density at radius 2 is 2.11 bits per heavy atom. The second-order valence-electron chi connectivity index (χ2n) is 5.51. The van der Waals surface area contributed by atoms with Crippen LogP contribution in [-0.4, -0.2) is 6.10 Å². The van der Waals surface area contributed by atoms with Crippen molar-refractivity contribution < 1.29 is 4.74 Å². The van der Waals surface area contributed by atoms with Crippen molar-refractivity contribution in [1.82, 2.24) is 0 Å². The summed E-state index contributed by atoms with van der Waals surface area (Å²) in [5.74, 6) is 1.58. The summed E-state index contributed by atoms with van der Waals surface area (Å²) < 4.78 is 5.98. The van der Waals surface area contributed by atoms with Gasteiger partial charge in [0, 0.05) is 0 Å². The molecule has 3 unspecified atom stereocenters. The molecule has 2 heteroatoms. The Morgan fingerprint density at radius 1 is 1.28 bits per heavy atom. The molecular formula is C16H21NO. The molecule has 0 amide bonds. The molecular weight excluding hydrogens is 222 g/mol. The van der Waals surface area contributed by atoms with Gasteiger partial charge in [-0.05, 0) is 48.8 Å². The number of benzene rings is 1. The Kier molecular flexibility index (Phi) is 4.38. The van der Waals surface area contributed by atoms with Crippen molar-refractivity contribution in [2.45, 2.75) is 45.8 Å². The van der Waals surface area contributed by atoms with Crippen LogP contribution in [0.1, 0.15) is 44.2 Å². The highest BCUT2D eigenvalue weighted by Crippen LogP contribution is 2.31. The van der Waals surface area contributed by atoms with E-state index in [1.54, 1.807) is 0 Å². The fourth-order valence-electron chi connectivity index (χ4n) is 2.59. The van der Waals surface area contributed by atoms with Crippen LogP contribution in [-0.2, 0) is 11.3 Å². The van der Waals surface area contributed by atoms with E-state index in [2.05, 4.69) is 19.9 Å². The number of nitrogens with zero attached hydrogens (tertiary/aromatic N) is 1. The van der Waals surface area contributed by atoms with Gasteiger partial charge in [-0.3, -0.25) is 0 Å². The standard InChI is InChI=1S/C16H21NO/c1-12-6-7-16(8-13(12)2)18-11-15-5-3-4-14(9-15)10-17/h3-5,9,12-13,16H,6-8,11H2,1-2H3. The molecule has 3 atom stereocenters. The first-order valence-electron chi connectivity index (χ1n) is 6.79. The number of ether oxygens (including phenoxy) is 1. The predicted molar refractivity (Wildman–Crippen MR) is 71.9 cm³/mol. The fraction of sp³-hybridized carbons (Fsp3) is 0.562. The molecule has 18 heavy (non-hydrogen) atoms. The smallest absolute Gasteiger partial charge is 0.0991 e. The van der Waals surface area contributed by atoms with E-state index < -0.39 is 0 Å². The zero-order chi connectivity index (χ0) is 13.0. The molecule has 1 aliphatic rings. The maximum Gasteiger partial charge on any atom is 0.0991 e. The van der Waals surface area contributed by atoms with Crippen molar-refractivity contribution in [2.24, 2.45) is 11.8 Å². The second kappa shape index (κ2) is 6.02. The third kappa shape index (κ3) is 3.34. The van der Waals surface area contributed by atoms with Crippen LogP contribution in [0.15, 0.2) is 24.3 Å². The van der Waals surface area contributed by atoms with Gasteiger partial charge in [-0.25, -0.2) is 0 Å². The molecule has 1 fully saturated rings. The van der Waals surface area contributed by atoms with Crippen LogP contribution in [0.25, 0.3) is 0 Å². The number of rotatable bonds is 3. The molecule has 0 spiro atoms. The summed E-state index contributed by atoms with van der Waals surface area (Å²) in [6.45, 7) is 5.27. The SMILES string of the molecule is CC1CCC(OCc2cccc(C#N)c2)CC1C. The van der Waals surface area contributed by atoms with Crippen molar-refractivity contribution in [3.8, 4) is 6.07 Å². The molecule has 0 radical (unpaired) electrons. The molecule has 1 saturated carbocycles. The van der Waals surface area contributed by atoms with E-state index in [0.29, 0.717) is 18.3 Å². The lowest BCUT2D eigenvalue weighted by Crippen LogP contribution is -2.26. The van der Waals surface area contributed by atoms with Gasteiger partial charge < -0.3 is 4.74 Å². The van der Waals surface area contributed by atoms with Gasteiger partial charge in [0.05, 0.1) is 24.3 Å². The Bertz CT molecular complexity index is 435. The van der Waals surface area contributed by atoms with Crippen molar-refractivity contribution >= 4 is 0 Å². The number of nitriles is 1. The number of hydrogen-bond acceptors (Lipinski definition) is 2. The molecule has 0 bridgehead atoms. The summed E-state index contributed by atoms with van der Waals surface area (Å²) >= 11 is 0. The van der Waals surface area contributed by atoms with E-state index >= 15 is 0 Å². The third-order valence-electron chi connectivity index (χ3n) is 4.09. The van der Waals surface area contributed by atoms with Gasteiger partial charge in [0.2, 0.25) is 0 Å². The molecule has 0 saturated heterocycles. The average molecular weight is 243 g/mol. The first-order valence-corrected chi connectivity index (χ1v) is 6.79. The summed E-state index contributed by atoms with van der Waals surface area (Å²) in [6, 6.07) is 9.84. The molecule has 2 rings (SSSR count). The van der Waals surface area contributed by atoms with E-state index in [1.165, 1.54) is 19.3 Å². The van der Waals surface area contributed by atoms with E-state index in [4.69, 9.17) is 10.00 Å². The summed E-state index contributed by atoms with van der Waals surface area (Å²) in [6.07, 6.45) is 3.99. The minimum atomic E-state index is 0.391. The van der Waals surface area contributed by atoms with E-state index in [1.807, 2.05) is 24.3 Å². The van der Waals surface area contributed by atoms with Crippen LogP contribution in [0, 0.1) is 23.2 Å². The second-order valence-corrected chi connectivity index (χ2v) is 5.51. The molecule has 0 heterocycles. The van der Waals surface area contributed by atoms with Crippen LogP contribution in [0.5, 0.6) is 0 Å². The molecule has 1 aliphatic carbocycles. The average Bonchev–Trinajstić information content (AvgIpc) is 2.40. The van der Waals surface area contributed by atoms with E-state index in [-0.39, 0.29) is 0 Å². The lowest BCUT2D eigenvalue weighted by Gasteiger charge is -2.32. The molecule has 0 N–H and O–H groups in total. The Morgan fingerprint density at radius 3 is 2.83 bits per heavy atom. The monoisotopic (exact) mass is 243 g/mol. The summed E-state index contributed by atoms with van der Waals surface area (Å²) in [4.78, 5) is 0. The van der Waals surface area contributed by atoms with Crippen LogP contribution in [0.2, 0.25) is 0 Å². The van der Waals surface area contributed by atoms with Gasteiger partial charge in [-0.15, -0.1) is 0 Å². The fourth-order valence-corrected chi connectivity index (χ4v) is 2.59. The van der Waals surface area contributed by atoms with Crippen molar-refractivity contribution in [3.63, 3.8) is 0 Å². The first kappa shape index (κ1) is 13.1. The first-order chi connectivity index (χ1) is 8.69. The molecule has 1 aromatic carbocycles. The minimum absolute atomic E-state index is 0.391. The highest BCUT2D eigenvalue weighted by Gasteiger charge is 2.24. The van der Waals surface area contributed by atoms with Crippen LogP contribution < -0.4 is 0 Å².